The Bertz CT molecular complexity index is 419. The average molecular weight is 253 g/mol. The van der Waals surface area contributed by atoms with Gasteiger partial charge in [0.2, 0.25) is 5.91 Å². The van der Waals surface area contributed by atoms with Gasteiger partial charge in [0.25, 0.3) is 0 Å². The molecule has 2 rings (SSSR count). The predicted octanol–water partition coefficient (Wildman–Crippen LogP) is -0.614. The maximum atomic E-state index is 12.0. The summed E-state index contributed by atoms with van der Waals surface area (Å²) < 4.78 is 1.36. The van der Waals surface area contributed by atoms with Crippen LogP contribution >= 0.6 is 0 Å². The molecule has 1 aliphatic heterocycles. The lowest BCUT2D eigenvalue weighted by Crippen LogP contribution is -2.42. The molecule has 0 aromatic carbocycles. The Balaban J connectivity index is 1.88. The molecule has 8 nitrogen and oxygen atoms in total. The third-order valence-electron chi connectivity index (χ3n) is 3.02. The first-order chi connectivity index (χ1) is 8.65. The van der Waals surface area contributed by atoms with E-state index in [-0.39, 0.29) is 24.8 Å². The van der Waals surface area contributed by atoms with Crippen molar-refractivity contribution in [3.8, 4) is 0 Å². The SMILES string of the molecule is O=C(O)CC1CCCN(C(=O)Cn2cnnn2)C1. The molecule has 1 amide bonds. The van der Waals surface area contributed by atoms with Gasteiger partial charge in [0.1, 0.15) is 12.9 Å². The third kappa shape index (κ3) is 3.25. The monoisotopic (exact) mass is 253 g/mol. The van der Waals surface area contributed by atoms with Crippen LogP contribution in [0.3, 0.4) is 0 Å². The van der Waals surface area contributed by atoms with E-state index in [0.29, 0.717) is 13.1 Å². The summed E-state index contributed by atoms with van der Waals surface area (Å²) in [6, 6.07) is 0. The molecule has 1 fully saturated rings. The third-order valence-corrected chi connectivity index (χ3v) is 3.02. The van der Waals surface area contributed by atoms with Crippen LogP contribution in [0.5, 0.6) is 0 Å². The summed E-state index contributed by atoms with van der Waals surface area (Å²) in [4.78, 5) is 24.3. The number of piperidine rings is 1. The van der Waals surface area contributed by atoms with E-state index in [9.17, 15) is 9.59 Å². The molecule has 0 bridgehead atoms. The topological polar surface area (TPSA) is 101 Å². The minimum atomic E-state index is -0.810. The normalized spacial score (nSPS) is 19.8. The van der Waals surface area contributed by atoms with Crippen LogP contribution in [-0.2, 0) is 16.1 Å². The van der Waals surface area contributed by atoms with Gasteiger partial charge in [-0.15, -0.1) is 5.10 Å². The highest BCUT2D eigenvalue weighted by Gasteiger charge is 2.25. The second-order valence-corrected chi connectivity index (χ2v) is 4.45. The quantitative estimate of drug-likeness (QED) is 0.767. The number of carbonyl (C=O) groups is 2. The molecular formula is C10H15N5O3. The molecule has 0 spiro atoms. The van der Waals surface area contributed by atoms with Gasteiger partial charge in [0.05, 0.1) is 0 Å². The van der Waals surface area contributed by atoms with Gasteiger partial charge >= 0.3 is 5.97 Å². The molecule has 1 aliphatic rings. The number of aromatic nitrogens is 4. The van der Waals surface area contributed by atoms with Gasteiger partial charge in [0.15, 0.2) is 0 Å². The van der Waals surface area contributed by atoms with Gasteiger partial charge in [-0.3, -0.25) is 9.59 Å². The Hall–Kier alpha value is -1.99. The van der Waals surface area contributed by atoms with Gasteiger partial charge in [-0.25, -0.2) is 4.68 Å². The first kappa shape index (κ1) is 12.5. The van der Waals surface area contributed by atoms with Crippen LogP contribution in [0, 0.1) is 5.92 Å². The molecule has 1 N–H and O–H groups in total. The van der Waals surface area contributed by atoms with E-state index in [4.69, 9.17) is 5.11 Å². The lowest BCUT2D eigenvalue weighted by atomic mass is 9.95. The Labute approximate surface area is 104 Å². The summed E-state index contributed by atoms with van der Waals surface area (Å²) in [5, 5.41) is 19.3. The zero-order valence-electron chi connectivity index (χ0n) is 9.90. The Morgan fingerprint density at radius 1 is 1.44 bits per heavy atom. The molecular weight excluding hydrogens is 238 g/mol. The van der Waals surface area contributed by atoms with Crippen molar-refractivity contribution in [1.82, 2.24) is 25.1 Å². The molecule has 8 heteroatoms. The molecule has 1 unspecified atom stereocenters. The van der Waals surface area contributed by atoms with Crippen LogP contribution in [0.15, 0.2) is 6.33 Å². The molecule has 2 heterocycles. The van der Waals surface area contributed by atoms with Gasteiger partial charge in [-0.1, -0.05) is 0 Å². The predicted molar refractivity (Wildman–Crippen MR) is 59.4 cm³/mol. The minimum absolute atomic E-state index is 0.0501. The second kappa shape index (κ2) is 5.56. The number of amides is 1. The molecule has 0 aliphatic carbocycles. The fraction of sp³-hybridized carbons (Fsp3) is 0.700. The standard InChI is InChI=1S/C10H15N5O3/c16-9(6-15-7-11-12-13-15)14-3-1-2-8(5-14)4-10(17)18/h7-8H,1-6H2,(H,17,18). The van der Waals surface area contributed by atoms with Crippen molar-refractivity contribution < 1.29 is 14.7 Å². The summed E-state index contributed by atoms with van der Waals surface area (Å²) in [6.07, 6.45) is 3.21. The Morgan fingerprint density at radius 3 is 2.94 bits per heavy atom. The Kier molecular flexibility index (Phi) is 3.85. The summed E-state index contributed by atoms with van der Waals surface area (Å²) >= 11 is 0. The van der Waals surface area contributed by atoms with E-state index in [1.807, 2.05) is 0 Å². The number of tetrazole rings is 1. The average Bonchev–Trinajstić information content (AvgIpc) is 2.81. The molecule has 0 saturated carbocycles. The van der Waals surface area contributed by atoms with E-state index in [2.05, 4.69) is 15.5 Å². The summed E-state index contributed by atoms with van der Waals surface area (Å²) in [5.74, 6) is -0.832. The highest BCUT2D eigenvalue weighted by atomic mass is 16.4. The van der Waals surface area contributed by atoms with Crippen molar-refractivity contribution in [2.24, 2.45) is 5.92 Å². The van der Waals surface area contributed by atoms with E-state index < -0.39 is 5.97 Å². The van der Waals surface area contributed by atoms with E-state index in [0.717, 1.165) is 12.8 Å². The lowest BCUT2D eigenvalue weighted by Gasteiger charge is -2.32. The fourth-order valence-corrected chi connectivity index (χ4v) is 2.20. The number of carboxylic acids is 1. The number of carboxylic acid groups (broad SMARTS) is 1. The lowest BCUT2D eigenvalue weighted by molar-refractivity contribution is -0.141. The van der Waals surface area contributed by atoms with Crippen molar-refractivity contribution in [2.75, 3.05) is 13.1 Å². The number of aliphatic carboxylic acids is 1. The number of nitrogens with zero attached hydrogens (tertiary/aromatic N) is 5. The van der Waals surface area contributed by atoms with E-state index >= 15 is 0 Å². The largest absolute Gasteiger partial charge is 0.481 e. The summed E-state index contributed by atoms with van der Waals surface area (Å²) in [6.45, 7) is 1.29. The molecule has 18 heavy (non-hydrogen) atoms. The fourth-order valence-electron chi connectivity index (χ4n) is 2.20. The molecule has 1 aromatic heterocycles. The second-order valence-electron chi connectivity index (χ2n) is 4.45. The summed E-state index contributed by atoms with van der Waals surface area (Å²) in [7, 11) is 0. The maximum absolute atomic E-state index is 12.0. The zero-order chi connectivity index (χ0) is 13.0. The molecule has 0 radical (unpaired) electrons. The Morgan fingerprint density at radius 2 is 2.28 bits per heavy atom. The van der Waals surface area contributed by atoms with Gasteiger partial charge < -0.3 is 10.0 Å². The van der Waals surface area contributed by atoms with Crippen molar-refractivity contribution in [2.45, 2.75) is 25.8 Å². The molecule has 1 atom stereocenters. The first-order valence-corrected chi connectivity index (χ1v) is 5.85. The van der Waals surface area contributed by atoms with Crippen molar-refractivity contribution >= 4 is 11.9 Å². The van der Waals surface area contributed by atoms with Gasteiger partial charge in [-0.05, 0) is 29.2 Å². The number of rotatable bonds is 4. The van der Waals surface area contributed by atoms with Gasteiger partial charge in [0, 0.05) is 19.5 Å². The zero-order valence-corrected chi connectivity index (χ0v) is 9.90. The minimum Gasteiger partial charge on any atom is -0.481 e. The van der Waals surface area contributed by atoms with Gasteiger partial charge in [-0.2, -0.15) is 0 Å². The van der Waals surface area contributed by atoms with Crippen molar-refractivity contribution in [1.29, 1.82) is 0 Å². The van der Waals surface area contributed by atoms with Crippen LogP contribution in [-0.4, -0.2) is 55.2 Å². The number of hydrogen-bond donors (Lipinski definition) is 1. The number of likely N-dealkylation sites (tertiary alicyclic amines) is 1. The first-order valence-electron chi connectivity index (χ1n) is 5.85. The number of hydrogen-bond acceptors (Lipinski definition) is 5. The van der Waals surface area contributed by atoms with Crippen LogP contribution in [0.25, 0.3) is 0 Å². The van der Waals surface area contributed by atoms with Crippen LogP contribution in [0.2, 0.25) is 0 Å². The maximum Gasteiger partial charge on any atom is 0.303 e. The summed E-state index contributed by atoms with van der Waals surface area (Å²) in [5.41, 5.74) is 0. The number of carbonyl (C=O) groups excluding carboxylic acids is 1. The van der Waals surface area contributed by atoms with Crippen LogP contribution in [0.1, 0.15) is 19.3 Å². The molecule has 1 saturated heterocycles. The van der Waals surface area contributed by atoms with E-state index in [1.165, 1.54) is 11.0 Å². The molecule has 1 aromatic rings. The highest BCUT2D eigenvalue weighted by molar-refractivity contribution is 5.76. The van der Waals surface area contributed by atoms with Crippen molar-refractivity contribution in [3.05, 3.63) is 6.33 Å². The van der Waals surface area contributed by atoms with Crippen LogP contribution < -0.4 is 0 Å². The molecule has 98 valence electrons. The van der Waals surface area contributed by atoms with Crippen molar-refractivity contribution in [3.63, 3.8) is 0 Å². The van der Waals surface area contributed by atoms with E-state index in [1.54, 1.807) is 4.90 Å². The highest BCUT2D eigenvalue weighted by Crippen LogP contribution is 2.19. The smallest absolute Gasteiger partial charge is 0.303 e. The van der Waals surface area contributed by atoms with Crippen LogP contribution in [0.4, 0.5) is 0 Å².